The Hall–Kier alpha value is -0.760. The second-order valence-electron chi connectivity index (χ2n) is 5.44. The zero-order chi connectivity index (χ0) is 14.4. The molecule has 0 atom stereocenters. The van der Waals surface area contributed by atoms with Crippen LogP contribution in [0.25, 0.3) is 11.0 Å². The Morgan fingerprint density at radius 3 is 2.67 bits per heavy atom. The Bertz CT molecular complexity index is 676. The molecule has 4 rings (SSSR count). The quantitative estimate of drug-likeness (QED) is 0.719. The van der Waals surface area contributed by atoms with E-state index in [1.807, 2.05) is 4.68 Å². The molecule has 0 radical (unpaired) electrons. The van der Waals surface area contributed by atoms with E-state index in [1.165, 1.54) is 6.33 Å². The van der Waals surface area contributed by atoms with Gasteiger partial charge in [0.2, 0.25) is 0 Å². The van der Waals surface area contributed by atoms with E-state index in [-0.39, 0.29) is 11.8 Å². The van der Waals surface area contributed by atoms with Crippen LogP contribution in [0, 0.1) is 0 Å². The fraction of sp³-hybridized carbons (Fsp3) is 0.615. The summed E-state index contributed by atoms with van der Waals surface area (Å²) in [5, 5.41) is 5.75. The Morgan fingerprint density at radius 2 is 1.95 bits per heavy atom. The van der Waals surface area contributed by atoms with Gasteiger partial charge in [0.15, 0.2) is 11.4 Å². The molecule has 2 fully saturated rings. The molecule has 0 amide bonds. The van der Waals surface area contributed by atoms with Crippen molar-refractivity contribution in [3.63, 3.8) is 0 Å². The maximum atomic E-state index is 6.14. The second kappa shape index (κ2) is 5.15. The average molecular weight is 374 g/mol. The van der Waals surface area contributed by atoms with Crippen LogP contribution in [0.5, 0.6) is 0 Å². The Morgan fingerprint density at radius 1 is 1.24 bits per heavy atom. The summed E-state index contributed by atoms with van der Waals surface area (Å²) in [4.78, 5) is 8.35. The maximum Gasteiger partial charge on any atom is 0.168 e. The van der Waals surface area contributed by atoms with Gasteiger partial charge in [0, 0.05) is 12.8 Å². The van der Waals surface area contributed by atoms with Crippen molar-refractivity contribution in [3.05, 3.63) is 16.1 Å². The number of nitrogens with zero attached hydrogens (tertiary/aromatic N) is 4. The third-order valence-electron chi connectivity index (χ3n) is 4.28. The summed E-state index contributed by atoms with van der Waals surface area (Å²) < 4.78 is 14.2. The lowest BCUT2D eigenvalue weighted by atomic mass is 9.90. The molecule has 2 aromatic rings. The summed E-state index contributed by atoms with van der Waals surface area (Å²) in [6.45, 7) is 1.40. The van der Waals surface area contributed by atoms with E-state index in [0.717, 1.165) is 36.7 Å². The summed E-state index contributed by atoms with van der Waals surface area (Å²) in [6, 6.07) is 0.281. The molecule has 6 nitrogen and oxygen atoms in total. The van der Waals surface area contributed by atoms with E-state index in [4.69, 9.17) is 21.1 Å². The topological polar surface area (TPSA) is 62.1 Å². The third kappa shape index (κ3) is 2.27. The largest absolute Gasteiger partial charge is 0.348 e. The molecular formula is C13H14BrClN4O2. The predicted octanol–water partition coefficient (Wildman–Crippen LogP) is 3.10. The van der Waals surface area contributed by atoms with E-state index >= 15 is 0 Å². The van der Waals surface area contributed by atoms with Gasteiger partial charge >= 0.3 is 0 Å². The van der Waals surface area contributed by atoms with Gasteiger partial charge in [-0.25, -0.2) is 14.6 Å². The molecule has 0 unspecified atom stereocenters. The van der Waals surface area contributed by atoms with E-state index in [1.54, 1.807) is 0 Å². The number of aromatic nitrogens is 4. The highest BCUT2D eigenvalue weighted by Gasteiger charge is 2.41. The highest BCUT2D eigenvalue weighted by Crippen LogP contribution is 2.41. The first-order valence-electron chi connectivity index (χ1n) is 7.01. The molecule has 1 aliphatic carbocycles. The van der Waals surface area contributed by atoms with E-state index in [0.29, 0.717) is 23.0 Å². The number of ether oxygens (including phenoxy) is 2. The van der Waals surface area contributed by atoms with Gasteiger partial charge in [-0.2, -0.15) is 5.10 Å². The van der Waals surface area contributed by atoms with Crippen molar-refractivity contribution in [2.45, 2.75) is 37.5 Å². The highest BCUT2D eigenvalue weighted by molar-refractivity contribution is 9.10. The van der Waals surface area contributed by atoms with Gasteiger partial charge in [-0.05, 0) is 28.8 Å². The van der Waals surface area contributed by atoms with Gasteiger partial charge in [0.1, 0.15) is 16.1 Å². The number of hydrogen-bond acceptors (Lipinski definition) is 5. The molecule has 1 saturated carbocycles. The lowest BCUT2D eigenvalue weighted by molar-refractivity contribution is -0.181. The standard InChI is InChI=1S/C13H14BrClN4O2/c14-10-9-11(15)16-7-17-12(9)19(18-10)8-1-3-13(4-2-8)20-5-6-21-13/h7-8H,1-6H2. The molecule has 0 aromatic carbocycles. The normalized spacial score (nSPS) is 22.4. The SMILES string of the molecule is Clc1ncnc2c1c(Br)nn2C1CCC2(CC1)OCCO2. The van der Waals surface area contributed by atoms with Gasteiger partial charge in [-0.15, -0.1) is 0 Å². The minimum absolute atomic E-state index is 0.281. The lowest BCUT2D eigenvalue weighted by Crippen LogP contribution is -2.36. The molecule has 8 heteroatoms. The van der Waals surface area contributed by atoms with Crippen LogP contribution < -0.4 is 0 Å². The summed E-state index contributed by atoms with van der Waals surface area (Å²) >= 11 is 9.59. The highest BCUT2D eigenvalue weighted by atomic mass is 79.9. The molecule has 0 bridgehead atoms. The predicted molar refractivity (Wildman–Crippen MR) is 80.2 cm³/mol. The summed E-state index contributed by atoms with van der Waals surface area (Å²) in [5.74, 6) is -0.358. The van der Waals surface area contributed by atoms with E-state index < -0.39 is 0 Å². The molecular weight excluding hydrogens is 360 g/mol. The third-order valence-corrected chi connectivity index (χ3v) is 5.12. The Labute approximate surface area is 134 Å². The van der Waals surface area contributed by atoms with E-state index in [2.05, 4.69) is 31.0 Å². The summed E-state index contributed by atoms with van der Waals surface area (Å²) in [6.07, 6.45) is 5.14. The van der Waals surface area contributed by atoms with Crippen LogP contribution in [0.1, 0.15) is 31.7 Å². The summed E-state index contributed by atoms with van der Waals surface area (Å²) in [5.41, 5.74) is 0.774. The van der Waals surface area contributed by atoms with Crippen molar-refractivity contribution >= 4 is 38.6 Å². The van der Waals surface area contributed by atoms with Gasteiger partial charge in [-0.3, -0.25) is 0 Å². The van der Waals surface area contributed by atoms with Crippen molar-refractivity contribution in [1.29, 1.82) is 0 Å². The molecule has 1 saturated heterocycles. The smallest absolute Gasteiger partial charge is 0.168 e. The fourth-order valence-electron chi connectivity index (χ4n) is 3.23. The minimum Gasteiger partial charge on any atom is -0.348 e. The zero-order valence-corrected chi connectivity index (χ0v) is 13.6. The molecule has 0 N–H and O–H groups in total. The maximum absolute atomic E-state index is 6.14. The molecule has 21 heavy (non-hydrogen) atoms. The first kappa shape index (κ1) is 13.9. The molecule has 1 spiro atoms. The van der Waals surface area contributed by atoms with Crippen LogP contribution >= 0.6 is 27.5 Å². The van der Waals surface area contributed by atoms with Crippen molar-refractivity contribution in [1.82, 2.24) is 19.7 Å². The number of hydrogen-bond donors (Lipinski definition) is 0. The number of halogens is 2. The van der Waals surface area contributed by atoms with Crippen LogP contribution in [0.4, 0.5) is 0 Å². The van der Waals surface area contributed by atoms with Crippen molar-refractivity contribution in [3.8, 4) is 0 Å². The Balaban J connectivity index is 1.64. The van der Waals surface area contributed by atoms with Crippen molar-refractivity contribution in [2.24, 2.45) is 0 Å². The molecule has 3 heterocycles. The molecule has 2 aliphatic rings. The molecule has 112 valence electrons. The first-order chi connectivity index (χ1) is 10.2. The van der Waals surface area contributed by atoms with Crippen LogP contribution in [0.15, 0.2) is 10.9 Å². The van der Waals surface area contributed by atoms with Crippen molar-refractivity contribution < 1.29 is 9.47 Å². The zero-order valence-electron chi connectivity index (χ0n) is 11.3. The first-order valence-corrected chi connectivity index (χ1v) is 8.18. The monoisotopic (exact) mass is 372 g/mol. The van der Waals surface area contributed by atoms with Gasteiger partial charge in [0.05, 0.1) is 24.6 Å². The average Bonchev–Trinajstić information content (AvgIpc) is 3.07. The van der Waals surface area contributed by atoms with Gasteiger partial charge in [0.25, 0.3) is 0 Å². The van der Waals surface area contributed by atoms with Crippen LogP contribution in [-0.4, -0.2) is 38.7 Å². The molecule has 1 aliphatic heterocycles. The summed E-state index contributed by atoms with van der Waals surface area (Å²) in [7, 11) is 0. The minimum atomic E-state index is -0.358. The van der Waals surface area contributed by atoms with Gasteiger partial charge in [-0.1, -0.05) is 11.6 Å². The van der Waals surface area contributed by atoms with Crippen LogP contribution in [-0.2, 0) is 9.47 Å². The Kier molecular flexibility index (Phi) is 3.40. The number of rotatable bonds is 1. The second-order valence-corrected chi connectivity index (χ2v) is 6.55. The van der Waals surface area contributed by atoms with Crippen molar-refractivity contribution in [2.75, 3.05) is 13.2 Å². The van der Waals surface area contributed by atoms with Crippen LogP contribution in [0.2, 0.25) is 5.15 Å². The van der Waals surface area contributed by atoms with Crippen LogP contribution in [0.3, 0.4) is 0 Å². The fourth-order valence-corrected chi connectivity index (χ4v) is 4.09. The van der Waals surface area contributed by atoms with E-state index in [9.17, 15) is 0 Å². The number of fused-ring (bicyclic) bond motifs is 1. The molecule has 2 aromatic heterocycles. The lowest BCUT2D eigenvalue weighted by Gasteiger charge is -2.35. The van der Waals surface area contributed by atoms with Gasteiger partial charge < -0.3 is 9.47 Å².